The Morgan fingerprint density at radius 2 is 1.64 bits per heavy atom. The van der Waals surface area contributed by atoms with Crippen LogP contribution in [0.3, 0.4) is 0 Å². The van der Waals surface area contributed by atoms with Crippen LogP contribution >= 0.6 is 15.9 Å². The Balaban J connectivity index is 1.47. The number of nitrogens with zero attached hydrogens (tertiary/aromatic N) is 1. The van der Waals surface area contributed by atoms with Gasteiger partial charge < -0.3 is 4.42 Å². The van der Waals surface area contributed by atoms with E-state index in [-0.39, 0.29) is 0 Å². The first-order valence-corrected chi connectivity index (χ1v) is 8.71. The van der Waals surface area contributed by atoms with Crippen molar-refractivity contribution < 1.29 is 4.42 Å². The van der Waals surface area contributed by atoms with E-state index in [9.17, 15) is 0 Å². The molecular weight excluding hydrogens is 376 g/mol. The van der Waals surface area contributed by atoms with Gasteiger partial charge in [-0.3, -0.25) is 5.43 Å². The van der Waals surface area contributed by atoms with E-state index in [4.69, 9.17) is 4.42 Å². The minimum absolute atomic E-state index is 0.700. The molecule has 0 fully saturated rings. The van der Waals surface area contributed by atoms with Gasteiger partial charge in [0.25, 0.3) is 0 Å². The van der Waals surface area contributed by atoms with Crippen LogP contribution in [0.15, 0.2) is 92.9 Å². The van der Waals surface area contributed by atoms with E-state index in [1.54, 1.807) is 6.21 Å². The van der Waals surface area contributed by atoms with Gasteiger partial charge in [-0.2, -0.15) is 5.10 Å². The van der Waals surface area contributed by atoms with Crippen LogP contribution in [0.4, 0.5) is 5.69 Å². The molecule has 1 aromatic heterocycles. The lowest BCUT2D eigenvalue weighted by atomic mass is 10.1. The predicted molar refractivity (Wildman–Crippen MR) is 107 cm³/mol. The summed E-state index contributed by atoms with van der Waals surface area (Å²) >= 11 is 3.43. The van der Waals surface area contributed by atoms with Crippen LogP contribution < -0.4 is 5.43 Å². The zero-order valence-electron chi connectivity index (χ0n) is 13.3. The van der Waals surface area contributed by atoms with Crippen LogP contribution in [-0.2, 0) is 0 Å². The molecule has 1 N–H and O–H groups in total. The van der Waals surface area contributed by atoms with Crippen molar-refractivity contribution in [1.29, 1.82) is 0 Å². The minimum Gasteiger partial charge on any atom is -0.455 e. The largest absolute Gasteiger partial charge is 0.455 e. The molecule has 3 aromatic carbocycles. The average Bonchev–Trinajstić information content (AvgIpc) is 3.11. The standard InChI is InChI=1S/C21H15BrN2O/c22-18-8-5-16(6-9-18)21-12-11-20(25-21)14-23-24-19-10-7-15-3-1-2-4-17(15)13-19/h1-14,24H/b23-14+. The SMILES string of the molecule is Brc1ccc(-c2ccc(/C=N/Nc3ccc4ccccc4c3)o2)cc1. The summed E-state index contributed by atoms with van der Waals surface area (Å²) in [6.07, 6.45) is 1.68. The van der Waals surface area contributed by atoms with E-state index in [2.05, 4.69) is 50.7 Å². The summed E-state index contributed by atoms with van der Waals surface area (Å²) in [4.78, 5) is 0. The summed E-state index contributed by atoms with van der Waals surface area (Å²) < 4.78 is 6.86. The van der Waals surface area contributed by atoms with Crippen molar-refractivity contribution in [3.63, 3.8) is 0 Å². The molecule has 1 heterocycles. The van der Waals surface area contributed by atoms with E-state index in [0.29, 0.717) is 5.76 Å². The van der Waals surface area contributed by atoms with Gasteiger partial charge in [0.1, 0.15) is 11.5 Å². The number of rotatable bonds is 4. The minimum atomic E-state index is 0.700. The Bertz CT molecular complexity index is 1040. The second-order valence-electron chi connectivity index (χ2n) is 5.64. The number of anilines is 1. The molecule has 122 valence electrons. The highest BCUT2D eigenvalue weighted by Crippen LogP contribution is 2.23. The zero-order valence-corrected chi connectivity index (χ0v) is 14.9. The maximum absolute atomic E-state index is 5.81. The highest BCUT2D eigenvalue weighted by molar-refractivity contribution is 9.10. The monoisotopic (exact) mass is 390 g/mol. The molecule has 4 heteroatoms. The summed E-state index contributed by atoms with van der Waals surface area (Å²) in [5, 5.41) is 6.65. The number of hydrogen-bond acceptors (Lipinski definition) is 3. The van der Waals surface area contributed by atoms with Crippen LogP contribution in [0.5, 0.6) is 0 Å². The van der Waals surface area contributed by atoms with Crippen molar-refractivity contribution in [2.24, 2.45) is 5.10 Å². The number of halogens is 1. The third-order valence-electron chi connectivity index (χ3n) is 3.89. The molecular formula is C21H15BrN2O. The molecule has 0 bridgehead atoms. The molecule has 0 spiro atoms. The van der Waals surface area contributed by atoms with Crippen LogP contribution in [0.25, 0.3) is 22.1 Å². The fourth-order valence-electron chi connectivity index (χ4n) is 2.62. The number of hydrogen-bond donors (Lipinski definition) is 1. The van der Waals surface area contributed by atoms with Gasteiger partial charge in [0.2, 0.25) is 0 Å². The lowest BCUT2D eigenvalue weighted by Gasteiger charge is -2.02. The number of hydrazone groups is 1. The molecule has 0 radical (unpaired) electrons. The number of fused-ring (bicyclic) bond motifs is 1. The first kappa shape index (κ1) is 15.7. The Kier molecular flexibility index (Phi) is 4.36. The molecule has 3 nitrogen and oxygen atoms in total. The predicted octanol–water partition coefficient (Wildman–Crippen LogP) is 6.31. The topological polar surface area (TPSA) is 37.5 Å². The quantitative estimate of drug-likeness (QED) is 0.327. The van der Waals surface area contributed by atoms with Gasteiger partial charge in [0, 0.05) is 10.0 Å². The van der Waals surface area contributed by atoms with Gasteiger partial charge in [-0.15, -0.1) is 0 Å². The van der Waals surface area contributed by atoms with E-state index < -0.39 is 0 Å². The van der Waals surface area contributed by atoms with Crippen molar-refractivity contribution >= 4 is 38.6 Å². The maximum Gasteiger partial charge on any atom is 0.147 e. The van der Waals surface area contributed by atoms with Gasteiger partial charge in [-0.05, 0) is 47.2 Å². The smallest absolute Gasteiger partial charge is 0.147 e. The molecule has 0 aliphatic heterocycles. The second kappa shape index (κ2) is 6.95. The van der Waals surface area contributed by atoms with Gasteiger partial charge in [-0.25, -0.2) is 0 Å². The summed E-state index contributed by atoms with van der Waals surface area (Å²) in [6.45, 7) is 0. The summed E-state index contributed by atoms with van der Waals surface area (Å²) in [7, 11) is 0. The molecule has 0 unspecified atom stereocenters. The molecule has 4 rings (SSSR count). The number of nitrogens with one attached hydrogen (secondary N) is 1. The van der Waals surface area contributed by atoms with E-state index in [1.165, 1.54) is 10.8 Å². The molecule has 4 aromatic rings. The van der Waals surface area contributed by atoms with E-state index in [0.717, 1.165) is 21.5 Å². The summed E-state index contributed by atoms with van der Waals surface area (Å²) in [6, 6.07) is 26.3. The Hall–Kier alpha value is -2.85. The van der Waals surface area contributed by atoms with E-state index >= 15 is 0 Å². The van der Waals surface area contributed by atoms with Crippen LogP contribution in [-0.4, -0.2) is 6.21 Å². The molecule has 0 aliphatic carbocycles. The van der Waals surface area contributed by atoms with Gasteiger partial charge in [0.15, 0.2) is 0 Å². The highest BCUT2D eigenvalue weighted by atomic mass is 79.9. The first-order chi connectivity index (χ1) is 12.3. The molecule has 0 aliphatic rings. The van der Waals surface area contributed by atoms with Gasteiger partial charge in [0.05, 0.1) is 11.9 Å². The van der Waals surface area contributed by atoms with Crippen LogP contribution in [0.1, 0.15) is 5.76 Å². The van der Waals surface area contributed by atoms with Crippen LogP contribution in [0.2, 0.25) is 0 Å². The van der Waals surface area contributed by atoms with E-state index in [1.807, 2.05) is 54.6 Å². The lowest BCUT2D eigenvalue weighted by Crippen LogP contribution is -1.89. The average molecular weight is 391 g/mol. The highest BCUT2D eigenvalue weighted by Gasteiger charge is 2.03. The van der Waals surface area contributed by atoms with Crippen molar-refractivity contribution in [2.75, 3.05) is 5.43 Å². The Morgan fingerprint density at radius 3 is 2.48 bits per heavy atom. The lowest BCUT2D eigenvalue weighted by molar-refractivity contribution is 0.575. The van der Waals surface area contributed by atoms with Gasteiger partial charge in [-0.1, -0.05) is 58.4 Å². The third-order valence-corrected chi connectivity index (χ3v) is 4.42. The van der Waals surface area contributed by atoms with Gasteiger partial charge >= 0.3 is 0 Å². The number of furan rings is 1. The van der Waals surface area contributed by atoms with Crippen molar-refractivity contribution in [3.8, 4) is 11.3 Å². The summed E-state index contributed by atoms with van der Waals surface area (Å²) in [5.41, 5.74) is 5.02. The second-order valence-corrected chi connectivity index (χ2v) is 6.56. The van der Waals surface area contributed by atoms with Crippen molar-refractivity contribution in [1.82, 2.24) is 0 Å². The molecule has 25 heavy (non-hydrogen) atoms. The number of benzene rings is 3. The molecule has 0 atom stereocenters. The zero-order chi connectivity index (χ0) is 17.1. The molecule has 0 saturated heterocycles. The van der Waals surface area contributed by atoms with Crippen LogP contribution in [0, 0.1) is 0 Å². The Morgan fingerprint density at radius 1 is 0.840 bits per heavy atom. The molecule has 0 saturated carbocycles. The fraction of sp³-hybridized carbons (Fsp3) is 0. The molecule has 0 amide bonds. The van der Waals surface area contributed by atoms with Crippen molar-refractivity contribution in [3.05, 3.63) is 89.1 Å². The third kappa shape index (κ3) is 3.64. The van der Waals surface area contributed by atoms with Crippen molar-refractivity contribution in [2.45, 2.75) is 0 Å². The fourth-order valence-corrected chi connectivity index (χ4v) is 2.89. The normalized spacial score (nSPS) is 11.2. The first-order valence-electron chi connectivity index (χ1n) is 7.92. The maximum atomic E-state index is 5.81. The Labute approximate surface area is 154 Å². The summed E-state index contributed by atoms with van der Waals surface area (Å²) in [5.74, 6) is 1.52.